The summed E-state index contributed by atoms with van der Waals surface area (Å²) in [6, 6.07) is 16.9. The summed E-state index contributed by atoms with van der Waals surface area (Å²) >= 11 is 0. The van der Waals surface area contributed by atoms with E-state index in [-0.39, 0.29) is 0 Å². The molecular formula is C25H27N5O. The molecule has 0 unspecified atom stereocenters. The number of ether oxygens (including phenoxy) is 1. The van der Waals surface area contributed by atoms with E-state index in [2.05, 4.69) is 60.0 Å². The van der Waals surface area contributed by atoms with Gasteiger partial charge in [0.15, 0.2) is 5.82 Å². The Labute approximate surface area is 182 Å². The van der Waals surface area contributed by atoms with Crippen LogP contribution in [0.15, 0.2) is 60.9 Å². The van der Waals surface area contributed by atoms with Crippen LogP contribution in [-0.4, -0.2) is 47.9 Å². The van der Waals surface area contributed by atoms with Crippen LogP contribution in [0.4, 0.5) is 11.5 Å². The summed E-state index contributed by atoms with van der Waals surface area (Å²) in [4.78, 5) is 9.47. The summed E-state index contributed by atoms with van der Waals surface area (Å²) in [5.74, 6) is 1.91. The number of para-hydroxylation sites is 2. The van der Waals surface area contributed by atoms with Crippen molar-refractivity contribution >= 4 is 17.0 Å². The van der Waals surface area contributed by atoms with Crippen LogP contribution in [0.5, 0.6) is 5.75 Å². The molecule has 2 aromatic carbocycles. The van der Waals surface area contributed by atoms with Gasteiger partial charge in [0.05, 0.1) is 18.5 Å². The third-order valence-corrected chi connectivity index (χ3v) is 6.03. The standard InChI is InChI=1S/C25H27N5O/c1-18-8-9-20(19(2)16-18)21-17-23-25(26-10-11-30(23)27-21)29-14-12-28(13-15-29)22-6-4-5-7-24(22)31-3/h4-11,16-17H,12-15H2,1-3H3. The monoisotopic (exact) mass is 413 g/mol. The molecule has 3 heterocycles. The summed E-state index contributed by atoms with van der Waals surface area (Å²) in [5, 5.41) is 4.84. The van der Waals surface area contributed by atoms with Gasteiger partial charge >= 0.3 is 0 Å². The Morgan fingerprint density at radius 2 is 1.68 bits per heavy atom. The number of rotatable bonds is 4. The molecular weight excluding hydrogens is 386 g/mol. The van der Waals surface area contributed by atoms with Crippen molar-refractivity contribution in [2.75, 3.05) is 43.1 Å². The molecule has 6 nitrogen and oxygen atoms in total. The number of hydrogen-bond acceptors (Lipinski definition) is 5. The lowest BCUT2D eigenvalue weighted by molar-refractivity contribution is 0.413. The number of anilines is 2. The van der Waals surface area contributed by atoms with E-state index in [0.717, 1.165) is 54.6 Å². The fourth-order valence-electron chi connectivity index (χ4n) is 4.43. The SMILES string of the molecule is COc1ccccc1N1CCN(c2nccn3nc(-c4ccc(C)cc4C)cc23)CC1. The highest BCUT2D eigenvalue weighted by Gasteiger charge is 2.22. The van der Waals surface area contributed by atoms with Crippen LogP contribution in [0.2, 0.25) is 0 Å². The molecule has 1 saturated heterocycles. The number of fused-ring (bicyclic) bond motifs is 1. The Hall–Kier alpha value is -3.54. The van der Waals surface area contributed by atoms with Gasteiger partial charge in [-0.15, -0.1) is 0 Å². The van der Waals surface area contributed by atoms with Crippen molar-refractivity contribution in [1.82, 2.24) is 14.6 Å². The van der Waals surface area contributed by atoms with E-state index >= 15 is 0 Å². The van der Waals surface area contributed by atoms with E-state index < -0.39 is 0 Å². The number of piperazine rings is 1. The van der Waals surface area contributed by atoms with Gasteiger partial charge in [0, 0.05) is 44.1 Å². The fourth-order valence-corrected chi connectivity index (χ4v) is 4.43. The second-order valence-corrected chi connectivity index (χ2v) is 8.07. The summed E-state index contributed by atoms with van der Waals surface area (Å²) in [6.07, 6.45) is 3.77. The first-order valence-corrected chi connectivity index (χ1v) is 10.7. The minimum absolute atomic E-state index is 0.898. The molecule has 2 aromatic heterocycles. The molecule has 6 heteroatoms. The number of hydrogen-bond donors (Lipinski definition) is 0. The first-order valence-electron chi connectivity index (χ1n) is 10.7. The summed E-state index contributed by atoms with van der Waals surface area (Å²) < 4.78 is 7.50. The zero-order chi connectivity index (χ0) is 21.4. The van der Waals surface area contributed by atoms with Gasteiger partial charge in [-0.3, -0.25) is 0 Å². The smallest absolute Gasteiger partial charge is 0.154 e. The van der Waals surface area contributed by atoms with Gasteiger partial charge in [-0.25, -0.2) is 9.50 Å². The van der Waals surface area contributed by atoms with Crippen molar-refractivity contribution < 1.29 is 4.74 Å². The molecule has 158 valence electrons. The number of aromatic nitrogens is 3. The van der Waals surface area contributed by atoms with E-state index in [1.165, 1.54) is 16.7 Å². The zero-order valence-corrected chi connectivity index (χ0v) is 18.2. The van der Waals surface area contributed by atoms with Gasteiger partial charge in [0.1, 0.15) is 11.3 Å². The Morgan fingerprint density at radius 1 is 0.903 bits per heavy atom. The maximum absolute atomic E-state index is 5.55. The highest BCUT2D eigenvalue weighted by molar-refractivity contribution is 5.76. The highest BCUT2D eigenvalue weighted by Crippen LogP contribution is 2.31. The number of benzene rings is 2. The van der Waals surface area contributed by atoms with Crippen molar-refractivity contribution in [2.45, 2.75) is 13.8 Å². The number of methoxy groups -OCH3 is 1. The second kappa shape index (κ2) is 7.95. The lowest BCUT2D eigenvalue weighted by Crippen LogP contribution is -2.47. The van der Waals surface area contributed by atoms with Crippen LogP contribution in [0.1, 0.15) is 11.1 Å². The highest BCUT2D eigenvalue weighted by atomic mass is 16.5. The van der Waals surface area contributed by atoms with Gasteiger partial charge in [-0.05, 0) is 37.6 Å². The molecule has 0 saturated carbocycles. The van der Waals surface area contributed by atoms with E-state index in [1.54, 1.807) is 7.11 Å². The van der Waals surface area contributed by atoms with Gasteiger partial charge in [0.25, 0.3) is 0 Å². The molecule has 1 aliphatic rings. The average Bonchev–Trinajstić information content (AvgIpc) is 3.23. The lowest BCUT2D eigenvalue weighted by Gasteiger charge is -2.37. The van der Waals surface area contributed by atoms with Crippen LogP contribution in [0, 0.1) is 13.8 Å². The molecule has 0 radical (unpaired) electrons. The summed E-state index contributed by atoms with van der Waals surface area (Å²) in [6.45, 7) is 7.89. The van der Waals surface area contributed by atoms with E-state index in [1.807, 2.05) is 29.0 Å². The number of nitrogens with zero attached hydrogens (tertiary/aromatic N) is 5. The topological polar surface area (TPSA) is 45.9 Å². The van der Waals surface area contributed by atoms with Crippen LogP contribution in [-0.2, 0) is 0 Å². The van der Waals surface area contributed by atoms with E-state index in [4.69, 9.17) is 14.8 Å². The molecule has 5 rings (SSSR count). The molecule has 4 aromatic rings. The Balaban J connectivity index is 1.42. The van der Waals surface area contributed by atoms with Crippen molar-refractivity contribution in [3.8, 4) is 17.0 Å². The molecule has 0 aliphatic carbocycles. The van der Waals surface area contributed by atoms with Crippen LogP contribution < -0.4 is 14.5 Å². The minimum atomic E-state index is 0.898. The molecule has 0 atom stereocenters. The van der Waals surface area contributed by atoms with E-state index in [0.29, 0.717) is 0 Å². The van der Waals surface area contributed by atoms with Crippen molar-refractivity contribution in [2.24, 2.45) is 0 Å². The minimum Gasteiger partial charge on any atom is -0.495 e. The van der Waals surface area contributed by atoms with Crippen molar-refractivity contribution in [3.05, 3.63) is 72.1 Å². The maximum atomic E-state index is 5.55. The second-order valence-electron chi connectivity index (χ2n) is 8.07. The van der Waals surface area contributed by atoms with Crippen LogP contribution in [0.3, 0.4) is 0 Å². The van der Waals surface area contributed by atoms with Crippen LogP contribution in [0.25, 0.3) is 16.8 Å². The molecule has 1 fully saturated rings. The lowest BCUT2D eigenvalue weighted by atomic mass is 10.0. The summed E-state index contributed by atoms with van der Waals surface area (Å²) in [5.41, 5.74) is 6.85. The van der Waals surface area contributed by atoms with Gasteiger partial charge in [-0.2, -0.15) is 5.10 Å². The van der Waals surface area contributed by atoms with Crippen molar-refractivity contribution in [1.29, 1.82) is 0 Å². The predicted molar refractivity (Wildman–Crippen MR) is 125 cm³/mol. The molecule has 1 aliphatic heterocycles. The van der Waals surface area contributed by atoms with Crippen LogP contribution >= 0.6 is 0 Å². The third-order valence-electron chi connectivity index (χ3n) is 6.03. The van der Waals surface area contributed by atoms with Crippen molar-refractivity contribution in [3.63, 3.8) is 0 Å². The third kappa shape index (κ3) is 3.58. The fraction of sp³-hybridized carbons (Fsp3) is 0.280. The average molecular weight is 414 g/mol. The van der Waals surface area contributed by atoms with Gasteiger partial charge in [0.2, 0.25) is 0 Å². The van der Waals surface area contributed by atoms with Gasteiger partial charge in [-0.1, -0.05) is 35.9 Å². The molecule has 0 amide bonds. The normalized spacial score (nSPS) is 14.3. The Bertz CT molecular complexity index is 1220. The van der Waals surface area contributed by atoms with E-state index in [9.17, 15) is 0 Å². The quantitative estimate of drug-likeness (QED) is 0.498. The molecule has 0 bridgehead atoms. The first-order chi connectivity index (χ1) is 15.1. The Kier molecular flexibility index (Phi) is 4.98. The molecule has 31 heavy (non-hydrogen) atoms. The summed E-state index contributed by atoms with van der Waals surface area (Å²) in [7, 11) is 1.73. The molecule has 0 spiro atoms. The zero-order valence-electron chi connectivity index (χ0n) is 18.2. The number of aryl methyl sites for hydroxylation is 2. The predicted octanol–water partition coefficient (Wildman–Crippen LogP) is 4.35. The van der Waals surface area contributed by atoms with Gasteiger partial charge < -0.3 is 14.5 Å². The Morgan fingerprint density at radius 3 is 2.45 bits per heavy atom. The largest absolute Gasteiger partial charge is 0.495 e. The first kappa shape index (κ1) is 19.4. The maximum Gasteiger partial charge on any atom is 0.154 e. The molecule has 0 N–H and O–H groups in total.